The van der Waals surface area contributed by atoms with E-state index < -0.39 is 24.4 Å². The lowest BCUT2D eigenvalue weighted by Crippen LogP contribution is -2.21. The lowest BCUT2D eigenvalue weighted by molar-refractivity contribution is -0.147. The van der Waals surface area contributed by atoms with Crippen LogP contribution in [0.15, 0.2) is 36.4 Å². The molecule has 0 bridgehead atoms. The normalized spacial score (nSPS) is 10.3. The van der Waals surface area contributed by atoms with Crippen LogP contribution in [0.2, 0.25) is 15.1 Å². The zero-order valence-corrected chi connectivity index (χ0v) is 17.1. The Morgan fingerprint density at radius 1 is 0.821 bits per heavy atom. The Kier molecular flexibility index (Phi) is 8.11. The fraction of sp³-hybridized carbons (Fsp3) is 0.211. The van der Waals surface area contributed by atoms with Gasteiger partial charge < -0.3 is 15.4 Å². The first-order chi connectivity index (χ1) is 13.2. The zero-order chi connectivity index (χ0) is 20.7. The van der Waals surface area contributed by atoms with Gasteiger partial charge in [-0.05, 0) is 42.8 Å². The number of rotatable bonds is 7. The molecular formula is C19H17Cl3N2O4. The monoisotopic (exact) mass is 442 g/mol. The molecule has 9 heteroatoms. The summed E-state index contributed by atoms with van der Waals surface area (Å²) >= 11 is 17.6. The molecule has 0 atom stereocenters. The molecule has 2 aromatic carbocycles. The maximum Gasteiger partial charge on any atom is 0.306 e. The van der Waals surface area contributed by atoms with E-state index in [1.54, 1.807) is 30.3 Å². The van der Waals surface area contributed by atoms with Gasteiger partial charge in [-0.1, -0.05) is 40.9 Å². The van der Waals surface area contributed by atoms with E-state index in [0.717, 1.165) is 5.56 Å². The number of amides is 2. The molecule has 0 aliphatic rings. The molecule has 28 heavy (non-hydrogen) atoms. The average Bonchev–Trinajstić information content (AvgIpc) is 2.64. The van der Waals surface area contributed by atoms with Gasteiger partial charge in [-0.25, -0.2) is 0 Å². The van der Waals surface area contributed by atoms with Crippen LogP contribution in [0.3, 0.4) is 0 Å². The summed E-state index contributed by atoms with van der Waals surface area (Å²) in [5.74, 6) is -1.57. The molecule has 148 valence electrons. The highest BCUT2D eigenvalue weighted by Crippen LogP contribution is 2.25. The number of esters is 1. The summed E-state index contributed by atoms with van der Waals surface area (Å²) < 4.78 is 4.86. The highest BCUT2D eigenvalue weighted by Gasteiger charge is 2.12. The molecule has 2 rings (SSSR count). The van der Waals surface area contributed by atoms with Gasteiger partial charge in [0.2, 0.25) is 5.91 Å². The van der Waals surface area contributed by atoms with E-state index in [-0.39, 0.29) is 12.8 Å². The van der Waals surface area contributed by atoms with Gasteiger partial charge >= 0.3 is 5.97 Å². The summed E-state index contributed by atoms with van der Waals surface area (Å²) in [5.41, 5.74) is 1.84. The molecule has 2 amide bonds. The SMILES string of the molecule is Cc1ccc(NC(=O)COC(=O)CCC(=O)Nc2ccc(Cl)c(Cl)c2)cc1Cl. The molecule has 0 aliphatic carbocycles. The van der Waals surface area contributed by atoms with E-state index in [1.807, 2.05) is 6.92 Å². The highest BCUT2D eigenvalue weighted by molar-refractivity contribution is 6.42. The summed E-state index contributed by atoms with van der Waals surface area (Å²) in [6.45, 7) is 1.38. The molecule has 0 saturated heterocycles. The van der Waals surface area contributed by atoms with Crippen molar-refractivity contribution in [2.45, 2.75) is 19.8 Å². The van der Waals surface area contributed by atoms with Gasteiger partial charge in [-0.3, -0.25) is 14.4 Å². The molecule has 0 spiro atoms. The van der Waals surface area contributed by atoms with E-state index in [4.69, 9.17) is 39.5 Å². The van der Waals surface area contributed by atoms with Gasteiger partial charge in [0.15, 0.2) is 6.61 Å². The van der Waals surface area contributed by atoms with Crippen LogP contribution in [-0.4, -0.2) is 24.4 Å². The predicted octanol–water partition coefficient (Wildman–Crippen LogP) is 4.86. The predicted molar refractivity (Wildman–Crippen MR) is 110 cm³/mol. The largest absolute Gasteiger partial charge is 0.456 e. The molecule has 0 unspecified atom stereocenters. The smallest absolute Gasteiger partial charge is 0.306 e. The first-order valence-electron chi connectivity index (χ1n) is 8.21. The maximum absolute atomic E-state index is 11.9. The second-order valence-corrected chi connectivity index (χ2v) is 7.07. The van der Waals surface area contributed by atoms with Crippen LogP contribution in [0.1, 0.15) is 18.4 Å². The number of ether oxygens (including phenoxy) is 1. The minimum Gasteiger partial charge on any atom is -0.456 e. The van der Waals surface area contributed by atoms with Crippen molar-refractivity contribution in [2.75, 3.05) is 17.2 Å². The number of halogens is 3. The molecule has 6 nitrogen and oxygen atoms in total. The standard InChI is InChI=1S/C19H17Cl3N2O4/c1-11-2-3-12(8-15(11)21)24-18(26)10-28-19(27)7-6-17(25)23-13-4-5-14(20)16(22)9-13/h2-5,8-9H,6-7,10H2,1H3,(H,23,25)(H,24,26). The number of carbonyl (C=O) groups excluding carboxylic acids is 3. The molecule has 2 N–H and O–H groups in total. The fourth-order valence-electron chi connectivity index (χ4n) is 2.10. The van der Waals surface area contributed by atoms with Crippen LogP contribution < -0.4 is 10.6 Å². The summed E-state index contributed by atoms with van der Waals surface area (Å²) in [6, 6.07) is 9.69. The second-order valence-electron chi connectivity index (χ2n) is 5.85. The summed E-state index contributed by atoms with van der Waals surface area (Å²) in [6.07, 6.45) is -0.273. The second kappa shape index (κ2) is 10.3. The van der Waals surface area contributed by atoms with Gasteiger partial charge in [0.05, 0.1) is 16.5 Å². The van der Waals surface area contributed by atoms with Crippen LogP contribution in [0.4, 0.5) is 11.4 Å². The van der Waals surface area contributed by atoms with Crippen LogP contribution in [0.5, 0.6) is 0 Å². The van der Waals surface area contributed by atoms with Crippen LogP contribution in [0.25, 0.3) is 0 Å². The number of anilines is 2. The van der Waals surface area contributed by atoms with E-state index in [9.17, 15) is 14.4 Å². The Bertz CT molecular complexity index is 831. The molecule has 0 saturated carbocycles. The number of carbonyl (C=O) groups is 3. The summed E-state index contributed by atoms with van der Waals surface area (Å²) in [4.78, 5) is 35.4. The number of hydrogen-bond donors (Lipinski definition) is 2. The van der Waals surface area contributed by atoms with Crippen molar-refractivity contribution in [1.29, 1.82) is 0 Å². The van der Waals surface area contributed by atoms with Crippen molar-refractivity contribution >= 4 is 64.0 Å². The van der Waals surface area contributed by atoms with Crippen molar-refractivity contribution in [1.82, 2.24) is 0 Å². The topological polar surface area (TPSA) is 84.5 Å². The third-order valence-corrected chi connectivity index (χ3v) is 4.73. The molecule has 0 heterocycles. The third-order valence-electron chi connectivity index (χ3n) is 3.58. The average molecular weight is 444 g/mol. The van der Waals surface area contributed by atoms with Crippen LogP contribution >= 0.6 is 34.8 Å². The van der Waals surface area contributed by atoms with E-state index in [0.29, 0.717) is 26.4 Å². The minimum atomic E-state index is -0.665. The minimum absolute atomic E-state index is 0.103. The Hall–Kier alpha value is -2.28. The quantitative estimate of drug-likeness (QED) is 0.599. The van der Waals surface area contributed by atoms with Crippen LogP contribution in [0, 0.1) is 6.92 Å². The maximum atomic E-state index is 11.9. The first-order valence-corrected chi connectivity index (χ1v) is 9.34. The lowest BCUT2D eigenvalue weighted by atomic mass is 10.2. The van der Waals surface area contributed by atoms with E-state index in [1.165, 1.54) is 6.07 Å². The molecule has 2 aromatic rings. The van der Waals surface area contributed by atoms with Crippen molar-refractivity contribution in [3.63, 3.8) is 0 Å². The Labute approximate surface area is 177 Å². The first kappa shape index (κ1) is 22.0. The molecule has 0 fully saturated rings. The van der Waals surface area contributed by atoms with Crippen molar-refractivity contribution in [2.24, 2.45) is 0 Å². The Morgan fingerprint density at radius 2 is 1.43 bits per heavy atom. The Balaban J connectivity index is 1.71. The van der Waals surface area contributed by atoms with Crippen LogP contribution in [-0.2, 0) is 19.1 Å². The van der Waals surface area contributed by atoms with Crippen molar-refractivity contribution in [3.8, 4) is 0 Å². The zero-order valence-electron chi connectivity index (χ0n) is 14.9. The van der Waals surface area contributed by atoms with Gasteiger partial charge in [-0.15, -0.1) is 0 Å². The van der Waals surface area contributed by atoms with E-state index >= 15 is 0 Å². The number of hydrogen-bond acceptors (Lipinski definition) is 4. The summed E-state index contributed by atoms with van der Waals surface area (Å²) in [5, 5.41) is 6.35. The fourth-order valence-corrected chi connectivity index (χ4v) is 2.58. The van der Waals surface area contributed by atoms with Gasteiger partial charge in [0, 0.05) is 22.8 Å². The van der Waals surface area contributed by atoms with Gasteiger partial charge in [-0.2, -0.15) is 0 Å². The number of nitrogens with one attached hydrogen (secondary N) is 2. The number of aryl methyl sites for hydroxylation is 1. The summed E-state index contributed by atoms with van der Waals surface area (Å²) in [7, 11) is 0. The Morgan fingerprint density at radius 3 is 2.07 bits per heavy atom. The van der Waals surface area contributed by atoms with E-state index in [2.05, 4.69) is 10.6 Å². The third kappa shape index (κ3) is 7.03. The molecule has 0 radical (unpaired) electrons. The number of benzene rings is 2. The molecule has 0 aromatic heterocycles. The van der Waals surface area contributed by atoms with Gasteiger partial charge in [0.25, 0.3) is 5.91 Å². The highest BCUT2D eigenvalue weighted by atomic mass is 35.5. The van der Waals surface area contributed by atoms with Crippen molar-refractivity contribution in [3.05, 3.63) is 57.0 Å². The lowest BCUT2D eigenvalue weighted by Gasteiger charge is -2.08. The molecule has 0 aliphatic heterocycles. The van der Waals surface area contributed by atoms with Gasteiger partial charge in [0.1, 0.15) is 0 Å². The molecular weight excluding hydrogens is 427 g/mol. The van der Waals surface area contributed by atoms with Crippen molar-refractivity contribution < 1.29 is 19.1 Å².